The van der Waals surface area contributed by atoms with E-state index in [1.54, 1.807) is 6.20 Å². The second-order valence-corrected chi connectivity index (χ2v) is 6.06. The molecule has 1 aliphatic carbocycles. The normalized spacial score (nSPS) is 19.8. The van der Waals surface area contributed by atoms with E-state index in [1.165, 1.54) is 0 Å². The van der Waals surface area contributed by atoms with Crippen LogP contribution in [0.4, 0.5) is 0 Å². The Morgan fingerprint density at radius 2 is 2.16 bits per heavy atom. The predicted octanol–water partition coefficient (Wildman–Crippen LogP) is 3.44. The summed E-state index contributed by atoms with van der Waals surface area (Å²) in [5.74, 6) is 0. The smallest absolute Gasteiger partial charge is 0.126 e. The maximum atomic E-state index is 10.9. The third kappa shape index (κ3) is 2.88. The Morgan fingerprint density at radius 3 is 2.74 bits per heavy atom. The standard InChI is InChI=1S/C14H23BrN2O2/c1-3-9-17-12(11(15)10-16-17)13(18)14(19-4-2)7-5-6-8-14/h10,13,18H,3-9H2,1-2H3. The molecule has 1 aromatic heterocycles. The van der Waals surface area contributed by atoms with Crippen LogP contribution >= 0.6 is 15.9 Å². The lowest BCUT2D eigenvalue weighted by Crippen LogP contribution is -2.38. The molecule has 1 atom stereocenters. The molecule has 5 heteroatoms. The van der Waals surface area contributed by atoms with Gasteiger partial charge in [-0.1, -0.05) is 19.8 Å². The maximum Gasteiger partial charge on any atom is 0.126 e. The first kappa shape index (κ1) is 15.0. The molecule has 1 saturated carbocycles. The number of rotatable bonds is 6. The molecule has 0 aliphatic heterocycles. The van der Waals surface area contributed by atoms with Crippen molar-refractivity contribution in [2.45, 2.75) is 64.2 Å². The third-order valence-electron chi connectivity index (χ3n) is 3.91. The van der Waals surface area contributed by atoms with Crippen LogP contribution in [-0.2, 0) is 11.3 Å². The van der Waals surface area contributed by atoms with Crippen molar-refractivity contribution < 1.29 is 9.84 Å². The Hall–Kier alpha value is -0.390. The summed E-state index contributed by atoms with van der Waals surface area (Å²) in [5, 5.41) is 15.2. The van der Waals surface area contributed by atoms with Crippen molar-refractivity contribution in [3.05, 3.63) is 16.4 Å². The summed E-state index contributed by atoms with van der Waals surface area (Å²) in [5.41, 5.74) is 0.431. The fourth-order valence-corrected chi connectivity index (χ4v) is 3.55. The Balaban J connectivity index is 2.31. The minimum Gasteiger partial charge on any atom is -0.384 e. The number of hydrogen-bond acceptors (Lipinski definition) is 3. The molecule has 0 spiro atoms. The van der Waals surface area contributed by atoms with Gasteiger partial charge in [-0.05, 0) is 42.1 Å². The van der Waals surface area contributed by atoms with Crippen LogP contribution in [0.25, 0.3) is 0 Å². The molecule has 0 amide bonds. The van der Waals surface area contributed by atoms with E-state index in [0.29, 0.717) is 6.61 Å². The van der Waals surface area contributed by atoms with Crippen LogP contribution in [0.15, 0.2) is 10.7 Å². The van der Waals surface area contributed by atoms with Gasteiger partial charge < -0.3 is 9.84 Å². The largest absolute Gasteiger partial charge is 0.384 e. The van der Waals surface area contributed by atoms with E-state index in [9.17, 15) is 5.11 Å². The summed E-state index contributed by atoms with van der Waals surface area (Å²) in [7, 11) is 0. The van der Waals surface area contributed by atoms with Crippen molar-refractivity contribution in [2.24, 2.45) is 0 Å². The second-order valence-electron chi connectivity index (χ2n) is 5.21. The molecule has 2 rings (SSSR count). The minimum atomic E-state index is -0.613. The van der Waals surface area contributed by atoms with Crippen LogP contribution in [-0.4, -0.2) is 27.1 Å². The predicted molar refractivity (Wildman–Crippen MR) is 78.0 cm³/mol. The Labute approximate surface area is 123 Å². The molecule has 4 nitrogen and oxygen atoms in total. The van der Waals surface area contributed by atoms with Gasteiger partial charge in [0.15, 0.2) is 0 Å². The lowest BCUT2D eigenvalue weighted by Gasteiger charge is -2.34. The quantitative estimate of drug-likeness (QED) is 0.869. The van der Waals surface area contributed by atoms with Gasteiger partial charge in [-0.15, -0.1) is 0 Å². The maximum absolute atomic E-state index is 10.9. The van der Waals surface area contributed by atoms with Crippen LogP contribution in [0.5, 0.6) is 0 Å². The summed E-state index contributed by atoms with van der Waals surface area (Å²) >= 11 is 3.51. The lowest BCUT2D eigenvalue weighted by atomic mass is 9.92. The second kappa shape index (κ2) is 6.37. The number of nitrogens with zero attached hydrogens (tertiary/aromatic N) is 2. The van der Waals surface area contributed by atoms with E-state index < -0.39 is 11.7 Å². The zero-order valence-electron chi connectivity index (χ0n) is 11.7. The SMILES string of the molecule is CCCn1ncc(Br)c1C(O)C1(OCC)CCCC1. The van der Waals surface area contributed by atoms with Crippen molar-refractivity contribution in [3.63, 3.8) is 0 Å². The van der Waals surface area contributed by atoms with Crippen LogP contribution in [0.2, 0.25) is 0 Å². The summed E-state index contributed by atoms with van der Waals surface area (Å²) in [6.07, 6.45) is 6.24. The van der Waals surface area contributed by atoms with Crippen molar-refractivity contribution in [3.8, 4) is 0 Å². The lowest BCUT2D eigenvalue weighted by molar-refractivity contribution is -0.121. The number of aryl methyl sites for hydroxylation is 1. The number of ether oxygens (including phenoxy) is 1. The number of aromatic nitrogens is 2. The Kier molecular flexibility index (Phi) is 5.03. The third-order valence-corrected chi connectivity index (χ3v) is 4.52. The fraction of sp³-hybridized carbons (Fsp3) is 0.786. The summed E-state index contributed by atoms with van der Waals surface area (Å²) < 4.78 is 8.72. The minimum absolute atomic E-state index is 0.428. The van der Waals surface area contributed by atoms with Gasteiger partial charge in [0.1, 0.15) is 6.10 Å². The number of aliphatic hydroxyl groups excluding tert-OH is 1. The topological polar surface area (TPSA) is 47.3 Å². The molecule has 1 N–H and O–H groups in total. The molecule has 1 fully saturated rings. The van der Waals surface area contributed by atoms with Gasteiger partial charge in [0, 0.05) is 13.2 Å². The zero-order chi connectivity index (χ0) is 13.9. The highest BCUT2D eigenvalue weighted by atomic mass is 79.9. The highest BCUT2D eigenvalue weighted by Gasteiger charge is 2.44. The Bertz CT molecular complexity index is 414. The average Bonchev–Trinajstić information content (AvgIpc) is 2.98. The molecular weight excluding hydrogens is 308 g/mol. The van der Waals surface area contributed by atoms with E-state index in [4.69, 9.17) is 4.74 Å². The average molecular weight is 331 g/mol. The molecule has 0 aromatic carbocycles. The van der Waals surface area contributed by atoms with Gasteiger partial charge in [-0.3, -0.25) is 4.68 Å². The van der Waals surface area contributed by atoms with Gasteiger partial charge in [-0.25, -0.2) is 0 Å². The van der Waals surface area contributed by atoms with Crippen LogP contribution in [0.1, 0.15) is 57.7 Å². The van der Waals surface area contributed by atoms with Crippen molar-refractivity contribution in [1.82, 2.24) is 9.78 Å². The highest BCUT2D eigenvalue weighted by Crippen LogP contribution is 2.44. The first-order chi connectivity index (χ1) is 9.14. The van der Waals surface area contributed by atoms with Crippen molar-refractivity contribution in [2.75, 3.05) is 6.61 Å². The van der Waals surface area contributed by atoms with E-state index in [0.717, 1.165) is 48.8 Å². The van der Waals surface area contributed by atoms with E-state index >= 15 is 0 Å². The van der Waals surface area contributed by atoms with E-state index in [1.807, 2.05) is 11.6 Å². The molecule has 1 aromatic rings. The molecule has 0 bridgehead atoms. The fourth-order valence-electron chi connectivity index (χ4n) is 3.04. The van der Waals surface area contributed by atoms with Crippen molar-refractivity contribution in [1.29, 1.82) is 0 Å². The monoisotopic (exact) mass is 330 g/mol. The summed E-state index contributed by atoms with van der Waals surface area (Å²) in [4.78, 5) is 0. The van der Waals surface area contributed by atoms with E-state index in [-0.39, 0.29) is 0 Å². The van der Waals surface area contributed by atoms with Gasteiger partial charge in [0.05, 0.1) is 22.0 Å². The van der Waals surface area contributed by atoms with Crippen LogP contribution in [0, 0.1) is 0 Å². The van der Waals surface area contributed by atoms with Crippen molar-refractivity contribution >= 4 is 15.9 Å². The number of halogens is 1. The molecule has 19 heavy (non-hydrogen) atoms. The molecule has 108 valence electrons. The molecule has 0 radical (unpaired) electrons. The summed E-state index contributed by atoms with van der Waals surface area (Å²) in [6.45, 7) is 5.56. The highest BCUT2D eigenvalue weighted by molar-refractivity contribution is 9.10. The van der Waals surface area contributed by atoms with Crippen LogP contribution < -0.4 is 0 Å². The molecular formula is C14H23BrN2O2. The zero-order valence-corrected chi connectivity index (χ0v) is 13.3. The number of hydrogen-bond donors (Lipinski definition) is 1. The molecule has 0 saturated heterocycles. The summed E-state index contributed by atoms with van der Waals surface area (Å²) in [6, 6.07) is 0. The van der Waals surface area contributed by atoms with Gasteiger partial charge >= 0.3 is 0 Å². The van der Waals surface area contributed by atoms with E-state index in [2.05, 4.69) is 28.0 Å². The van der Waals surface area contributed by atoms with Crippen LogP contribution in [0.3, 0.4) is 0 Å². The molecule has 1 aliphatic rings. The van der Waals surface area contributed by atoms with Gasteiger partial charge in [-0.2, -0.15) is 5.10 Å². The number of aliphatic hydroxyl groups is 1. The first-order valence-corrected chi connectivity index (χ1v) is 7.97. The first-order valence-electron chi connectivity index (χ1n) is 7.18. The molecule has 1 heterocycles. The molecule has 1 unspecified atom stereocenters. The Morgan fingerprint density at radius 1 is 1.47 bits per heavy atom. The van der Waals surface area contributed by atoms with Gasteiger partial charge in [0.2, 0.25) is 0 Å². The van der Waals surface area contributed by atoms with Gasteiger partial charge in [0.25, 0.3) is 0 Å².